The molecule has 0 radical (unpaired) electrons. The fourth-order valence-electron chi connectivity index (χ4n) is 2.02. The predicted octanol–water partition coefficient (Wildman–Crippen LogP) is 1.63. The van der Waals surface area contributed by atoms with Crippen LogP contribution in [-0.4, -0.2) is 49.0 Å². The maximum absolute atomic E-state index is 12.5. The Bertz CT molecular complexity index is 626. The van der Waals surface area contributed by atoms with Crippen LogP contribution in [0.1, 0.15) is 17.3 Å². The van der Waals surface area contributed by atoms with Gasteiger partial charge in [0.05, 0.1) is 10.3 Å². The SMILES string of the molecule is CC1SCC(C(=O)O)N1C(=O)c1cc(Cl)ncc1[N+](=O)[O-]. The van der Waals surface area contributed by atoms with Crippen LogP contribution in [-0.2, 0) is 4.79 Å². The Balaban J connectivity index is 2.46. The number of nitro groups is 1. The number of carboxylic acids is 1. The number of hydrogen-bond acceptors (Lipinski definition) is 6. The molecular formula is C11H10ClN3O5S. The maximum Gasteiger partial charge on any atom is 0.327 e. The third kappa shape index (κ3) is 2.93. The predicted molar refractivity (Wildman–Crippen MR) is 75.4 cm³/mol. The van der Waals surface area contributed by atoms with Gasteiger partial charge in [-0.15, -0.1) is 11.8 Å². The fraction of sp³-hybridized carbons (Fsp3) is 0.364. The van der Waals surface area contributed by atoms with Gasteiger partial charge in [-0.25, -0.2) is 9.78 Å². The van der Waals surface area contributed by atoms with Gasteiger partial charge in [0.1, 0.15) is 23.0 Å². The zero-order valence-electron chi connectivity index (χ0n) is 10.7. The molecule has 1 saturated heterocycles. The first-order chi connectivity index (χ1) is 9.82. The molecular weight excluding hydrogens is 322 g/mol. The summed E-state index contributed by atoms with van der Waals surface area (Å²) in [6.07, 6.45) is 0.888. The minimum absolute atomic E-state index is 0.0738. The molecule has 0 saturated carbocycles. The molecule has 1 aromatic rings. The van der Waals surface area contributed by atoms with E-state index in [-0.39, 0.29) is 16.5 Å². The van der Waals surface area contributed by atoms with Gasteiger partial charge >= 0.3 is 5.97 Å². The van der Waals surface area contributed by atoms with Gasteiger partial charge in [-0.05, 0) is 13.0 Å². The van der Waals surface area contributed by atoms with E-state index in [1.807, 2.05) is 0 Å². The van der Waals surface area contributed by atoms with Crippen LogP contribution >= 0.6 is 23.4 Å². The third-order valence-electron chi connectivity index (χ3n) is 3.02. The Morgan fingerprint density at radius 1 is 1.62 bits per heavy atom. The van der Waals surface area contributed by atoms with Crippen molar-refractivity contribution < 1.29 is 19.6 Å². The van der Waals surface area contributed by atoms with Crippen molar-refractivity contribution in [1.82, 2.24) is 9.88 Å². The van der Waals surface area contributed by atoms with Crippen molar-refractivity contribution in [2.75, 3.05) is 5.75 Å². The van der Waals surface area contributed by atoms with Crippen LogP contribution in [0.4, 0.5) is 5.69 Å². The first-order valence-corrected chi connectivity index (χ1v) is 7.22. The second kappa shape index (κ2) is 5.86. The number of nitrogens with zero attached hydrogens (tertiary/aromatic N) is 3. The van der Waals surface area contributed by atoms with Crippen LogP contribution in [0.5, 0.6) is 0 Å². The van der Waals surface area contributed by atoms with Crippen molar-refractivity contribution in [2.45, 2.75) is 18.3 Å². The lowest BCUT2D eigenvalue weighted by Gasteiger charge is -2.24. The molecule has 8 nitrogen and oxygen atoms in total. The molecule has 0 aromatic carbocycles. The van der Waals surface area contributed by atoms with Crippen LogP contribution in [0.25, 0.3) is 0 Å². The highest BCUT2D eigenvalue weighted by Crippen LogP contribution is 2.32. The number of carbonyl (C=O) groups excluding carboxylic acids is 1. The lowest BCUT2D eigenvalue weighted by atomic mass is 10.1. The van der Waals surface area contributed by atoms with E-state index in [9.17, 15) is 19.7 Å². The monoisotopic (exact) mass is 331 g/mol. The van der Waals surface area contributed by atoms with Crippen molar-refractivity contribution in [1.29, 1.82) is 0 Å². The number of halogens is 1. The first-order valence-electron chi connectivity index (χ1n) is 5.80. The van der Waals surface area contributed by atoms with Crippen LogP contribution in [0, 0.1) is 10.1 Å². The molecule has 1 aliphatic heterocycles. The highest BCUT2D eigenvalue weighted by Gasteiger charge is 2.41. The third-order valence-corrected chi connectivity index (χ3v) is 4.44. The van der Waals surface area contributed by atoms with Crippen molar-refractivity contribution in [3.05, 3.63) is 33.1 Å². The van der Waals surface area contributed by atoms with E-state index in [2.05, 4.69) is 4.98 Å². The number of thioether (sulfide) groups is 1. The number of carboxylic acid groups (broad SMARTS) is 1. The van der Waals surface area contributed by atoms with Gasteiger partial charge in [0, 0.05) is 5.75 Å². The summed E-state index contributed by atoms with van der Waals surface area (Å²) in [5.74, 6) is -1.66. The molecule has 0 aliphatic carbocycles. The molecule has 2 heterocycles. The average molecular weight is 332 g/mol. The molecule has 1 fully saturated rings. The van der Waals surface area contributed by atoms with Crippen LogP contribution < -0.4 is 0 Å². The lowest BCUT2D eigenvalue weighted by molar-refractivity contribution is -0.385. The highest BCUT2D eigenvalue weighted by molar-refractivity contribution is 8.00. The van der Waals surface area contributed by atoms with Gasteiger partial charge in [-0.2, -0.15) is 0 Å². The molecule has 1 aliphatic rings. The molecule has 2 atom stereocenters. The Morgan fingerprint density at radius 3 is 2.86 bits per heavy atom. The van der Waals surface area contributed by atoms with Gasteiger partial charge < -0.3 is 10.0 Å². The molecule has 10 heteroatoms. The number of amides is 1. The van der Waals surface area contributed by atoms with E-state index >= 15 is 0 Å². The van der Waals surface area contributed by atoms with E-state index in [1.165, 1.54) is 11.8 Å². The largest absolute Gasteiger partial charge is 0.480 e. The number of hydrogen-bond donors (Lipinski definition) is 1. The Morgan fingerprint density at radius 2 is 2.29 bits per heavy atom. The minimum atomic E-state index is -1.15. The van der Waals surface area contributed by atoms with E-state index in [0.717, 1.165) is 17.2 Å². The van der Waals surface area contributed by atoms with Crippen molar-refractivity contribution in [3.8, 4) is 0 Å². The number of carbonyl (C=O) groups is 2. The summed E-state index contributed by atoms with van der Waals surface area (Å²) in [4.78, 5) is 38.6. The molecule has 2 unspecified atom stereocenters. The second-order valence-corrected chi connectivity index (χ2v) is 6.02. The quantitative estimate of drug-likeness (QED) is 0.508. The highest BCUT2D eigenvalue weighted by atomic mass is 35.5. The number of aliphatic carboxylic acids is 1. The molecule has 21 heavy (non-hydrogen) atoms. The number of pyridine rings is 1. The average Bonchev–Trinajstić information content (AvgIpc) is 2.79. The zero-order valence-corrected chi connectivity index (χ0v) is 12.3. The summed E-state index contributed by atoms with van der Waals surface area (Å²) in [6.45, 7) is 1.67. The van der Waals surface area contributed by atoms with Crippen molar-refractivity contribution in [3.63, 3.8) is 0 Å². The minimum Gasteiger partial charge on any atom is -0.480 e. The Kier molecular flexibility index (Phi) is 4.33. The standard InChI is InChI=1S/C11H10ClN3O5S/c1-5-14(8(4-21-5)11(17)18)10(16)6-2-9(12)13-3-7(6)15(19)20/h2-3,5,8H,4H2,1H3,(H,17,18). The van der Waals surface area contributed by atoms with Crippen LogP contribution in [0.3, 0.4) is 0 Å². The van der Waals surface area contributed by atoms with Crippen LogP contribution in [0.15, 0.2) is 12.3 Å². The normalized spacial score (nSPS) is 21.3. The summed E-state index contributed by atoms with van der Waals surface area (Å²) in [5, 5.41) is 19.7. The van der Waals surface area contributed by atoms with Gasteiger partial charge in [0.15, 0.2) is 0 Å². The topological polar surface area (TPSA) is 114 Å². The summed E-state index contributed by atoms with van der Waals surface area (Å²) in [5.41, 5.74) is -0.766. The second-order valence-electron chi connectivity index (χ2n) is 4.28. The van der Waals surface area contributed by atoms with Gasteiger partial charge in [-0.1, -0.05) is 11.6 Å². The van der Waals surface area contributed by atoms with Crippen LogP contribution in [0.2, 0.25) is 5.15 Å². The summed E-state index contributed by atoms with van der Waals surface area (Å²) in [7, 11) is 0. The van der Waals surface area contributed by atoms with Crippen molar-refractivity contribution in [2.24, 2.45) is 0 Å². The first kappa shape index (κ1) is 15.5. The molecule has 0 bridgehead atoms. The summed E-state index contributed by atoms with van der Waals surface area (Å²) >= 11 is 6.97. The number of aromatic nitrogens is 1. The summed E-state index contributed by atoms with van der Waals surface area (Å²) in [6, 6.07) is 0.0560. The maximum atomic E-state index is 12.5. The Hall–Kier alpha value is -1.87. The van der Waals surface area contributed by atoms with Crippen molar-refractivity contribution >= 4 is 40.9 Å². The van der Waals surface area contributed by atoms with E-state index in [4.69, 9.17) is 16.7 Å². The zero-order chi connectivity index (χ0) is 15.7. The molecule has 1 aromatic heterocycles. The van der Waals surface area contributed by atoms with E-state index < -0.39 is 33.9 Å². The molecule has 2 rings (SSSR count). The lowest BCUT2D eigenvalue weighted by Crippen LogP contribution is -2.44. The summed E-state index contributed by atoms with van der Waals surface area (Å²) < 4.78 is 0. The molecule has 0 spiro atoms. The smallest absolute Gasteiger partial charge is 0.327 e. The molecule has 1 N–H and O–H groups in total. The van der Waals surface area contributed by atoms with Gasteiger partial charge in [0.25, 0.3) is 11.6 Å². The number of rotatable bonds is 3. The van der Waals surface area contributed by atoms with E-state index in [0.29, 0.717) is 0 Å². The molecule has 1 amide bonds. The van der Waals surface area contributed by atoms with Gasteiger partial charge in [-0.3, -0.25) is 14.9 Å². The van der Waals surface area contributed by atoms with E-state index in [1.54, 1.807) is 6.92 Å². The fourth-order valence-corrected chi connectivity index (χ4v) is 3.35. The molecule has 112 valence electrons. The van der Waals surface area contributed by atoms with Gasteiger partial charge in [0.2, 0.25) is 0 Å². The Labute approximate surface area is 128 Å².